The number of hydrogen-bond acceptors (Lipinski definition) is 3. The minimum absolute atomic E-state index is 0.439. The highest BCUT2D eigenvalue weighted by molar-refractivity contribution is 5.08. The summed E-state index contributed by atoms with van der Waals surface area (Å²) in [5.74, 6) is 1.56. The lowest BCUT2D eigenvalue weighted by molar-refractivity contribution is 0.192. The minimum Gasteiger partial charge on any atom is -0.381 e. The lowest BCUT2D eigenvalue weighted by Gasteiger charge is -2.11. The van der Waals surface area contributed by atoms with Crippen LogP contribution < -0.4 is 0 Å². The van der Waals surface area contributed by atoms with Gasteiger partial charge in [-0.1, -0.05) is 6.07 Å². The number of ether oxygens (including phenoxy) is 1. The lowest BCUT2D eigenvalue weighted by Crippen LogP contribution is -2.10. The van der Waals surface area contributed by atoms with E-state index in [9.17, 15) is 0 Å². The summed E-state index contributed by atoms with van der Waals surface area (Å²) < 4.78 is 7.59. The van der Waals surface area contributed by atoms with Crippen LogP contribution in [-0.2, 0) is 11.3 Å². The molecule has 2 aromatic heterocycles. The molecule has 3 heterocycles. The van der Waals surface area contributed by atoms with E-state index < -0.39 is 0 Å². The number of rotatable bonds is 3. The Kier molecular flexibility index (Phi) is 2.88. The molecule has 0 aromatic carbocycles. The van der Waals surface area contributed by atoms with Crippen molar-refractivity contribution in [1.82, 2.24) is 14.5 Å². The summed E-state index contributed by atoms with van der Waals surface area (Å²) in [6, 6.07) is 5.98. The fraction of sp³-hybridized carbons (Fsp3) is 0.385. The first-order valence-corrected chi connectivity index (χ1v) is 5.92. The Morgan fingerprint density at radius 1 is 1.29 bits per heavy atom. The largest absolute Gasteiger partial charge is 0.381 e. The van der Waals surface area contributed by atoms with Crippen LogP contribution in [0.4, 0.5) is 0 Å². The molecule has 0 saturated carbocycles. The molecule has 1 aliphatic rings. The van der Waals surface area contributed by atoms with Crippen molar-refractivity contribution in [3.63, 3.8) is 0 Å². The second kappa shape index (κ2) is 4.67. The Hall–Kier alpha value is -1.68. The zero-order valence-electron chi connectivity index (χ0n) is 9.62. The molecule has 88 valence electrons. The van der Waals surface area contributed by atoms with Crippen LogP contribution in [0.15, 0.2) is 36.8 Å². The predicted molar refractivity (Wildman–Crippen MR) is 63.7 cm³/mol. The maximum absolute atomic E-state index is 5.42. The topological polar surface area (TPSA) is 39.9 Å². The van der Waals surface area contributed by atoms with E-state index in [1.807, 2.05) is 36.8 Å². The first-order valence-electron chi connectivity index (χ1n) is 5.92. The molecule has 1 saturated heterocycles. The van der Waals surface area contributed by atoms with E-state index in [0.717, 1.165) is 37.7 Å². The summed E-state index contributed by atoms with van der Waals surface area (Å²) in [5, 5.41) is 0. The summed E-state index contributed by atoms with van der Waals surface area (Å²) in [5.41, 5.74) is 1.06. The van der Waals surface area contributed by atoms with E-state index in [0.29, 0.717) is 5.92 Å². The normalized spacial score (nSPS) is 19.6. The molecule has 0 N–H and O–H groups in total. The molecule has 4 heteroatoms. The molecular formula is C13H15N3O. The van der Waals surface area contributed by atoms with Crippen molar-refractivity contribution in [1.29, 1.82) is 0 Å². The van der Waals surface area contributed by atoms with Gasteiger partial charge in [0.25, 0.3) is 0 Å². The van der Waals surface area contributed by atoms with Gasteiger partial charge in [-0.25, -0.2) is 4.98 Å². The zero-order valence-corrected chi connectivity index (χ0v) is 9.62. The number of hydrogen-bond donors (Lipinski definition) is 0. The van der Waals surface area contributed by atoms with Gasteiger partial charge in [0.1, 0.15) is 5.82 Å². The second-order valence-corrected chi connectivity index (χ2v) is 4.29. The van der Waals surface area contributed by atoms with Crippen LogP contribution in [-0.4, -0.2) is 27.7 Å². The Morgan fingerprint density at radius 3 is 3.06 bits per heavy atom. The Bertz CT molecular complexity index is 474. The van der Waals surface area contributed by atoms with Gasteiger partial charge in [-0.3, -0.25) is 4.98 Å². The van der Waals surface area contributed by atoms with Gasteiger partial charge in [0.15, 0.2) is 0 Å². The molecule has 0 spiro atoms. The molecule has 1 atom stereocenters. The summed E-state index contributed by atoms with van der Waals surface area (Å²) in [7, 11) is 0. The van der Waals surface area contributed by atoms with E-state index in [1.54, 1.807) is 0 Å². The van der Waals surface area contributed by atoms with E-state index in [4.69, 9.17) is 4.74 Å². The first kappa shape index (κ1) is 10.5. The molecule has 1 unspecified atom stereocenters. The molecule has 17 heavy (non-hydrogen) atoms. The van der Waals surface area contributed by atoms with Crippen molar-refractivity contribution in [2.45, 2.75) is 18.9 Å². The Morgan fingerprint density at radius 2 is 2.29 bits per heavy atom. The van der Waals surface area contributed by atoms with Crippen LogP contribution in [0.5, 0.6) is 0 Å². The van der Waals surface area contributed by atoms with Crippen LogP contribution in [0.25, 0.3) is 0 Å². The number of aromatic nitrogens is 3. The third-order valence-electron chi connectivity index (χ3n) is 3.10. The maximum Gasteiger partial charge on any atom is 0.114 e. The number of imidazole rings is 1. The SMILES string of the molecule is c1ccc(Cn2ccnc2C2CCOC2)nc1. The van der Waals surface area contributed by atoms with Gasteiger partial charge in [-0.15, -0.1) is 0 Å². The smallest absolute Gasteiger partial charge is 0.114 e. The van der Waals surface area contributed by atoms with Crippen LogP contribution >= 0.6 is 0 Å². The molecule has 0 radical (unpaired) electrons. The molecule has 0 aliphatic carbocycles. The molecule has 1 fully saturated rings. The highest BCUT2D eigenvalue weighted by Gasteiger charge is 2.22. The average molecular weight is 229 g/mol. The highest BCUT2D eigenvalue weighted by atomic mass is 16.5. The maximum atomic E-state index is 5.42. The van der Waals surface area contributed by atoms with Crippen LogP contribution in [0.1, 0.15) is 23.9 Å². The monoisotopic (exact) mass is 229 g/mol. The van der Waals surface area contributed by atoms with Crippen molar-refractivity contribution < 1.29 is 4.74 Å². The second-order valence-electron chi connectivity index (χ2n) is 4.29. The van der Waals surface area contributed by atoms with E-state index in [2.05, 4.69) is 14.5 Å². The van der Waals surface area contributed by atoms with E-state index in [1.165, 1.54) is 0 Å². The quantitative estimate of drug-likeness (QED) is 0.806. The Balaban J connectivity index is 1.81. The van der Waals surface area contributed by atoms with Crippen molar-refractivity contribution in [2.24, 2.45) is 0 Å². The van der Waals surface area contributed by atoms with Crippen LogP contribution in [0.3, 0.4) is 0 Å². The number of nitrogens with zero attached hydrogens (tertiary/aromatic N) is 3. The fourth-order valence-corrected chi connectivity index (χ4v) is 2.22. The van der Waals surface area contributed by atoms with Crippen LogP contribution in [0, 0.1) is 0 Å². The molecule has 3 rings (SSSR count). The molecule has 0 bridgehead atoms. The first-order chi connectivity index (χ1) is 8.43. The van der Waals surface area contributed by atoms with Gasteiger partial charge in [0, 0.05) is 31.1 Å². The standard InChI is InChI=1S/C13H15N3O/c1-2-5-14-12(3-1)9-16-7-6-15-13(16)11-4-8-17-10-11/h1-3,5-7,11H,4,8-10H2. The summed E-state index contributed by atoms with van der Waals surface area (Å²) in [6.45, 7) is 2.42. The van der Waals surface area contributed by atoms with Gasteiger partial charge in [0.05, 0.1) is 18.8 Å². The lowest BCUT2D eigenvalue weighted by atomic mass is 10.1. The van der Waals surface area contributed by atoms with Gasteiger partial charge in [0.2, 0.25) is 0 Å². The minimum atomic E-state index is 0.439. The summed E-state index contributed by atoms with van der Waals surface area (Å²) in [4.78, 5) is 8.79. The van der Waals surface area contributed by atoms with Crippen LogP contribution in [0.2, 0.25) is 0 Å². The van der Waals surface area contributed by atoms with Gasteiger partial charge in [-0.2, -0.15) is 0 Å². The Labute approximate surface area is 100 Å². The van der Waals surface area contributed by atoms with E-state index in [-0.39, 0.29) is 0 Å². The summed E-state index contributed by atoms with van der Waals surface area (Å²) >= 11 is 0. The summed E-state index contributed by atoms with van der Waals surface area (Å²) in [6.07, 6.45) is 6.77. The molecule has 4 nitrogen and oxygen atoms in total. The zero-order chi connectivity index (χ0) is 11.5. The highest BCUT2D eigenvalue weighted by Crippen LogP contribution is 2.23. The molecule has 0 amide bonds. The van der Waals surface area contributed by atoms with Crippen molar-refractivity contribution >= 4 is 0 Å². The average Bonchev–Trinajstić information content (AvgIpc) is 3.00. The van der Waals surface area contributed by atoms with E-state index >= 15 is 0 Å². The molecule has 1 aliphatic heterocycles. The molecular weight excluding hydrogens is 214 g/mol. The van der Waals surface area contributed by atoms with Gasteiger partial charge in [-0.05, 0) is 18.6 Å². The third kappa shape index (κ3) is 2.22. The van der Waals surface area contributed by atoms with Crippen molar-refractivity contribution in [2.75, 3.05) is 13.2 Å². The molecule has 2 aromatic rings. The van der Waals surface area contributed by atoms with Gasteiger partial charge >= 0.3 is 0 Å². The predicted octanol–water partition coefficient (Wildman–Crippen LogP) is 1.83. The number of pyridine rings is 1. The van der Waals surface area contributed by atoms with Crippen molar-refractivity contribution in [3.05, 3.63) is 48.3 Å². The third-order valence-corrected chi connectivity index (χ3v) is 3.10. The van der Waals surface area contributed by atoms with Crippen molar-refractivity contribution in [3.8, 4) is 0 Å². The van der Waals surface area contributed by atoms with Gasteiger partial charge < -0.3 is 9.30 Å². The fourth-order valence-electron chi connectivity index (χ4n) is 2.22.